The molecular weight excluding hydrogens is 422 g/mol. The molecule has 1 N–H and O–H groups in total. The molecule has 5 rings (SSSR count). The smallest absolute Gasteiger partial charge is 0.335 e. The second-order valence-electron chi connectivity index (χ2n) is 9.07. The van der Waals surface area contributed by atoms with Crippen molar-refractivity contribution in [2.75, 3.05) is 11.4 Å². The third-order valence-electron chi connectivity index (χ3n) is 6.78. The van der Waals surface area contributed by atoms with E-state index in [1.54, 1.807) is 12.1 Å². The van der Waals surface area contributed by atoms with E-state index in [2.05, 4.69) is 60.4 Å². The highest BCUT2D eigenvalue weighted by Gasteiger charge is 2.26. The third-order valence-corrected chi connectivity index (χ3v) is 6.78. The zero-order valence-electron chi connectivity index (χ0n) is 19.4. The highest BCUT2D eigenvalue weighted by atomic mass is 16.5. The van der Waals surface area contributed by atoms with Crippen LogP contribution in [-0.4, -0.2) is 23.7 Å². The van der Waals surface area contributed by atoms with Crippen LogP contribution in [-0.2, 0) is 0 Å². The Morgan fingerprint density at radius 2 is 1.71 bits per heavy atom. The minimum Gasteiger partial charge on any atom is -0.486 e. The summed E-state index contributed by atoms with van der Waals surface area (Å²) in [5.41, 5.74) is 3.71. The van der Waals surface area contributed by atoms with Crippen molar-refractivity contribution < 1.29 is 14.6 Å². The number of carboxylic acid groups (broad SMARTS) is 1. The summed E-state index contributed by atoms with van der Waals surface area (Å²) in [7, 11) is 0. The largest absolute Gasteiger partial charge is 0.486 e. The normalized spacial score (nSPS) is 16.0. The van der Waals surface area contributed by atoms with E-state index < -0.39 is 5.97 Å². The topological polar surface area (TPSA) is 49.8 Å². The van der Waals surface area contributed by atoms with Crippen molar-refractivity contribution in [1.82, 2.24) is 0 Å². The van der Waals surface area contributed by atoms with Crippen molar-refractivity contribution >= 4 is 28.1 Å². The lowest BCUT2D eigenvalue weighted by molar-refractivity contribution is 0.0697. The number of carbonyl (C=O) groups is 1. The fourth-order valence-electron chi connectivity index (χ4n) is 4.96. The molecule has 0 amide bonds. The summed E-state index contributed by atoms with van der Waals surface area (Å²) < 4.78 is 6.37. The molecule has 0 saturated heterocycles. The predicted molar refractivity (Wildman–Crippen MR) is 137 cm³/mol. The first-order valence-corrected chi connectivity index (χ1v) is 11.9. The van der Waals surface area contributed by atoms with Gasteiger partial charge >= 0.3 is 5.97 Å². The number of anilines is 2. The number of carboxylic acids is 1. The predicted octanol–water partition coefficient (Wildman–Crippen LogP) is 7.41. The van der Waals surface area contributed by atoms with Crippen LogP contribution in [0.25, 0.3) is 10.8 Å². The molecule has 34 heavy (non-hydrogen) atoms. The van der Waals surface area contributed by atoms with E-state index in [9.17, 15) is 9.90 Å². The minimum atomic E-state index is -0.910. The summed E-state index contributed by atoms with van der Waals surface area (Å²) in [5.74, 6) is 0.442. The van der Waals surface area contributed by atoms with Crippen molar-refractivity contribution in [3.05, 3.63) is 102 Å². The molecule has 1 unspecified atom stereocenters. The van der Waals surface area contributed by atoms with E-state index >= 15 is 0 Å². The highest BCUT2D eigenvalue weighted by Crippen LogP contribution is 2.39. The molecule has 172 valence electrons. The molecule has 0 spiro atoms. The molecule has 0 saturated carbocycles. The van der Waals surface area contributed by atoms with Gasteiger partial charge in [-0.25, -0.2) is 4.79 Å². The second-order valence-corrected chi connectivity index (χ2v) is 9.07. The molecule has 2 atom stereocenters. The zero-order chi connectivity index (χ0) is 23.5. The summed E-state index contributed by atoms with van der Waals surface area (Å²) in [5, 5.41) is 11.9. The first-order chi connectivity index (χ1) is 16.6. The molecule has 4 aromatic carbocycles. The van der Waals surface area contributed by atoms with Gasteiger partial charge in [0.05, 0.1) is 17.8 Å². The van der Waals surface area contributed by atoms with Crippen LogP contribution in [0.3, 0.4) is 0 Å². The highest BCUT2D eigenvalue weighted by molar-refractivity contribution is 5.88. The Labute approximate surface area is 200 Å². The molecule has 1 heterocycles. The molecule has 0 radical (unpaired) electrons. The lowest BCUT2D eigenvalue weighted by Gasteiger charge is -2.36. The number of fused-ring (bicyclic) bond motifs is 2. The van der Waals surface area contributed by atoms with Crippen LogP contribution < -0.4 is 9.64 Å². The molecule has 4 aromatic rings. The van der Waals surface area contributed by atoms with Gasteiger partial charge in [0.1, 0.15) is 11.9 Å². The van der Waals surface area contributed by atoms with Gasteiger partial charge in [0.15, 0.2) is 0 Å². The van der Waals surface area contributed by atoms with Crippen LogP contribution in [0.15, 0.2) is 91.0 Å². The summed E-state index contributed by atoms with van der Waals surface area (Å²) >= 11 is 0. The second kappa shape index (κ2) is 9.60. The summed E-state index contributed by atoms with van der Waals surface area (Å²) in [6.07, 6.45) is 3.22. The SMILES string of the molecule is C[C@@H](CCCC1CN(c2ccc(C(=O)O)cc2)c2ccccc2O1)c1cccc2ccccc12. The maximum absolute atomic E-state index is 11.3. The van der Waals surface area contributed by atoms with Gasteiger partial charge in [0.25, 0.3) is 0 Å². The van der Waals surface area contributed by atoms with Crippen LogP contribution in [0.2, 0.25) is 0 Å². The van der Waals surface area contributed by atoms with Crippen LogP contribution in [0, 0.1) is 0 Å². The average molecular weight is 452 g/mol. The van der Waals surface area contributed by atoms with Crippen molar-refractivity contribution in [3.63, 3.8) is 0 Å². The van der Waals surface area contributed by atoms with Gasteiger partial charge in [-0.1, -0.05) is 61.5 Å². The number of rotatable bonds is 7. The molecule has 0 fully saturated rings. The summed E-state index contributed by atoms with van der Waals surface area (Å²) in [6, 6.07) is 30.3. The molecule has 4 nitrogen and oxygen atoms in total. The van der Waals surface area contributed by atoms with E-state index in [1.165, 1.54) is 16.3 Å². The number of para-hydroxylation sites is 2. The number of ether oxygens (including phenoxy) is 1. The molecule has 0 aliphatic carbocycles. The number of nitrogens with zero attached hydrogens (tertiary/aromatic N) is 1. The van der Waals surface area contributed by atoms with Crippen LogP contribution in [0.5, 0.6) is 5.75 Å². The van der Waals surface area contributed by atoms with Crippen molar-refractivity contribution in [1.29, 1.82) is 0 Å². The molecule has 0 bridgehead atoms. The molecule has 1 aliphatic rings. The third kappa shape index (κ3) is 4.49. The van der Waals surface area contributed by atoms with Gasteiger partial charge < -0.3 is 14.7 Å². The van der Waals surface area contributed by atoms with E-state index in [4.69, 9.17) is 4.74 Å². The Hall–Kier alpha value is -3.79. The summed E-state index contributed by atoms with van der Waals surface area (Å²) in [6.45, 7) is 3.06. The van der Waals surface area contributed by atoms with Crippen LogP contribution in [0.4, 0.5) is 11.4 Å². The first-order valence-electron chi connectivity index (χ1n) is 11.9. The fraction of sp³-hybridized carbons (Fsp3) is 0.233. The Bertz CT molecular complexity index is 1290. The van der Waals surface area contributed by atoms with Gasteiger partial charge in [-0.2, -0.15) is 0 Å². The van der Waals surface area contributed by atoms with E-state index in [0.717, 1.165) is 42.9 Å². The van der Waals surface area contributed by atoms with E-state index in [0.29, 0.717) is 11.5 Å². The maximum atomic E-state index is 11.3. The average Bonchev–Trinajstić information content (AvgIpc) is 2.88. The van der Waals surface area contributed by atoms with Gasteiger partial charge in [-0.3, -0.25) is 0 Å². The Morgan fingerprint density at radius 1 is 0.971 bits per heavy atom. The Morgan fingerprint density at radius 3 is 2.53 bits per heavy atom. The van der Waals surface area contributed by atoms with Gasteiger partial charge in [0.2, 0.25) is 0 Å². The number of hydrogen-bond acceptors (Lipinski definition) is 3. The van der Waals surface area contributed by atoms with Crippen molar-refractivity contribution in [2.45, 2.75) is 38.2 Å². The number of benzene rings is 4. The number of hydrogen-bond donors (Lipinski definition) is 1. The molecule has 4 heteroatoms. The lowest BCUT2D eigenvalue weighted by atomic mass is 9.90. The molecular formula is C30H29NO3. The van der Waals surface area contributed by atoms with Gasteiger partial charge in [-0.15, -0.1) is 0 Å². The first kappa shape index (κ1) is 22.0. The Kier molecular flexibility index (Phi) is 6.22. The quantitative estimate of drug-likeness (QED) is 0.318. The van der Waals surface area contributed by atoms with Crippen molar-refractivity contribution in [2.24, 2.45) is 0 Å². The van der Waals surface area contributed by atoms with Crippen LogP contribution >= 0.6 is 0 Å². The van der Waals surface area contributed by atoms with Crippen molar-refractivity contribution in [3.8, 4) is 5.75 Å². The van der Waals surface area contributed by atoms with E-state index in [-0.39, 0.29) is 6.10 Å². The maximum Gasteiger partial charge on any atom is 0.335 e. The Balaban J connectivity index is 1.28. The lowest BCUT2D eigenvalue weighted by Crippen LogP contribution is -2.37. The van der Waals surface area contributed by atoms with Gasteiger partial charge in [0, 0.05) is 5.69 Å². The van der Waals surface area contributed by atoms with E-state index in [1.807, 2.05) is 30.3 Å². The standard InChI is InChI=1S/C30H29NO3/c1-21(26-13-7-10-22-9-2-3-12-27(22)26)8-6-11-25-20-31(28-14-4-5-15-29(28)34-25)24-18-16-23(17-19-24)30(32)33/h2-5,7,9-10,12-19,21,25H,6,8,11,20H2,1H3,(H,32,33)/t21-,25?/m0/s1. The molecule has 0 aromatic heterocycles. The summed E-state index contributed by atoms with van der Waals surface area (Å²) in [4.78, 5) is 13.5. The zero-order valence-corrected chi connectivity index (χ0v) is 19.4. The van der Waals surface area contributed by atoms with Crippen LogP contribution in [0.1, 0.15) is 48.0 Å². The monoisotopic (exact) mass is 451 g/mol. The van der Waals surface area contributed by atoms with Gasteiger partial charge in [-0.05, 0) is 77.9 Å². The minimum absolute atomic E-state index is 0.0776. The fourth-order valence-corrected chi connectivity index (χ4v) is 4.96. The molecule has 1 aliphatic heterocycles. The number of aromatic carboxylic acids is 1.